The van der Waals surface area contributed by atoms with Gasteiger partial charge in [-0.15, -0.1) is 0 Å². The predicted molar refractivity (Wildman–Crippen MR) is 122 cm³/mol. The molecule has 0 radical (unpaired) electrons. The van der Waals surface area contributed by atoms with Crippen LogP contribution in [0, 0.1) is 12.8 Å². The minimum atomic E-state index is 0.668. The van der Waals surface area contributed by atoms with Crippen molar-refractivity contribution in [3.8, 4) is 0 Å². The summed E-state index contributed by atoms with van der Waals surface area (Å²) in [5.41, 5.74) is 2.26. The van der Waals surface area contributed by atoms with Gasteiger partial charge in [0.2, 0.25) is 0 Å². The molecule has 1 saturated heterocycles. The number of ether oxygens (including phenoxy) is 2. The lowest BCUT2D eigenvalue weighted by molar-refractivity contribution is 0.0203. The van der Waals surface area contributed by atoms with Gasteiger partial charge in [-0.25, -0.2) is 4.98 Å². The molecular formula is C23H37N5O2. The van der Waals surface area contributed by atoms with Crippen LogP contribution < -0.4 is 10.6 Å². The Balaban J connectivity index is 1.34. The first-order valence-electron chi connectivity index (χ1n) is 11.4. The van der Waals surface area contributed by atoms with E-state index in [0.29, 0.717) is 5.92 Å². The molecule has 3 rings (SSSR count). The van der Waals surface area contributed by atoms with Gasteiger partial charge in [-0.2, -0.15) is 0 Å². The summed E-state index contributed by atoms with van der Waals surface area (Å²) in [5.74, 6) is 2.61. The van der Waals surface area contributed by atoms with E-state index in [0.717, 1.165) is 95.6 Å². The van der Waals surface area contributed by atoms with Crippen molar-refractivity contribution in [1.29, 1.82) is 0 Å². The lowest BCUT2D eigenvalue weighted by Crippen LogP contribution is -2.38. The van der Waals surface area contributed by atoms with Crippen molar-refractivity contribution < 1.29 is 9.47 Å². The van der Waals surface area contributed by atoms with E-state index in [2.05, 4.69) is 52.2 Å². The Bertz CT molecular complexity index is 783. The zero-order valence-corrected chi connectivity index (χ0v) is 18.5. The van der Waals surface area contributed by atoms with E-state index in [1.807, 2.05) is 6.07 Å². The highest BCUT2D eigenvalue weighted by Crippen LogP contribution is 2.16. The van der Waals surface area contributed by atoms with E-state index in [-0.39, 0.29) is 0 Å². The smallest absolute Gasteiger partial charge is 0.191 e. The molecule has 2 aromatic rings. The number of para-hydroxylation sites is 2. The number of hydrogen-bond acceptors (Lipinski definition) is 4. The first-order valence-corrected chi connectivity index (χ1v) is 11.4. The fourth-order valence-corrected chi connectivity index (χ4v) is 3.78. The van der Waals surface area contributed by atoms with Crippen LogP contribution in [0.25, 0.3) is 11.0 Å². The lowest BCUT2D eigenvalue weighted by Gasteiger charge is -2.21. The minimum Gasteiger partial charge on any atom is -0.381 e. The summed E-state index contributed by atoms with van der Waals surface area (Å²) in [6.07, 6.45) is 4.22. The summed E-state index contributed by atoms with van der Waals surface area (Å²) in [6, 6.07) is 8.30. The first kappa shape index (κ1) is 22.6. The van der Waals surface area contributed by atoms with Gasteiger partial charge < -0.3 is 24.7 Å². The molecule has 0 saturated carbocycles. The average Bonchev–Trinajstić information content (AvgIpc) is 3.09. The van der Waals surface area contributed by atoms with Crippen molar-refractivity contribution in [2.75, 3.05) is 46.1 Å². The molecule has 1 aliphatic rings. The molecule has 2 heterocycles. The van der Waals surface area contributed by atoms with E-state index >= 15 is 0 Å². The van der Waals surface area contributed by atoms with Crippen LogP contribution in [0.2, 0.25) is 0 Å². The van der Waals surface area contributed by atoms with Gasteiger partial charge in [-0.3, -0.25) is 4.99 Å². The molecule has 30 heavy (non-hydrogen) atoms. The Kier molecular flexibility index (Phi) is 9.44. The molecule has 7 nitrogen and oxygen atoms in total. The number of nitrogens with one attached hydrogen (secondary N) is 2. The molecular weight excluding hydrogens is 378 g/mol. The second-order valence-electron chi connectivity index (χ2n) is 7.82. The Morgan fingerprint density at radius 1 is 1.23 bits per heavy atom. The number of aryl methyl sites for hydroxylation is 2. The van der Waals surface area contributed by atoms with Gasteiger partial charge in [0.25, 0.3) is 0 Å². The summed E-state index contributed by atoms with van der Waals surface area (Å²) in [4.78, 5) is 9.36. The summed E-state index contributed by atoms with van der Waals surface area (Å²) >= 11 is 0. The van der Waals surface area contributed by atoms with Gasteiger partial charge in [0.05, 0.1) is 11.0 Å². The van der Waals surface area contributed by atoms with Crippen LogP contribution in [0.3, 0.4) is 0 Å². The fourth-order valence-electron chi connectivity index (χ4n) is 3.78. The molecule has 0 unspecified atom stereocenters. The molecule has 0 amide bonds. The van der Waals surface area contributed by atoms with Gasteiger partial charge >= 0.3 is 0 Å². The maximum Gasteiger partial charge on any atom is 0.191 e. The monoisotopic (exact) mass is 415 g/mol. The average molecular weight is 416 g/mol. The summed E-state index contributed by atoms with van der Waals surface area (Å²) in [7, 11) is 0. The Hall–Kier alpha value is -2.12. The van der Waals surface area contributed by atoms with Crippen molar-refractivity contribution in [3.63, 3.8) is 0 Å². The van der Waals surface area contributed by atoms with Crippen LogP contribution >= 0.6 is 0 Å². The number of rotatable bonds is 11. The van der Waals surface area contributed by atoms with E-state index in [1.54, 1.807) is 0 Å². The molecule has 1 aromatic carbocycles. The summed E-state index contributed by atoms with van der Waals surface area (Å²) < 4.78 is 13.5. The molecule has 0 atom stereocenters. The van der Waals surface area contributed by atoms with Gasteiger partial charge in [0.1, 0.15) is 5.82 Å². The molecule has 1 aliphatic heterocycles. The second kappa shape index (κ2) is 12.5. The summed E-state index contributed by atoms with van der Waals surface area (Å²) in [5, 5.41) is 6.74. The highest BCUT2D eigenvalue weighted by atomic mass is 16.5. The molecule has 0 bridgehead atoms. The van der Waals surface area contributed by atoms with E-state index < -0.39 is 0 Å². The van der Waals surface area contributed by atoms with E-state index in [9.17, 15) is 0 Å². The number of hydrogen-bond donors (Lipinski definition) is 2. The van der Waals surface area contributed by atoms with Crippen LogP contribution in [0.4, 0.5) is 0 Å². The Morgan fingerprint density at radius 3 is 2.90 bits per heavy atom. The number of aromatic nitrogens is 2. The number of benzene rings is 1. The number of nitrogens with zero attached hydrogens (tertiary/aromatic N) is 3. The number of fused-ring (bicyclic) bond motifs is 1. The van der Waals surface area contributed by atoms with Crippen LogP contribution in [0.5, 0.6) is 0 Å². The second-order valence-corrected chi connectivity index (χ2v) is 7.82. The van der Waals surface area contributed by atoms with Crippen LogP contribution in [-0.4, -0.2) is 61.6 Å². The number of guanidine groups is 1. The molecule has 0 spiro atoms. The topological polar surface area (TPSA) is 72.7 Å². The third kappa shape index (κ3) is 6.99. The van der Waals surface area contributed by atoms with Gasteiger partial charge in [-0.1, -0.05) is 12.1 Å². The molecule has 1 fully saturated rings. The minimum absolute atomic E-state index is 0.668. The maximum atomic E-state index is 5.84. The lowest BCUT2D eigenvalue weighted by atomic mass is 10.0. The molecule has 166 valence electrons. The highest BCUT2D eigenvalue weighted by Gasteiger charge is 2.13. The number of imidazole rings is 1. The molecule has 1 aromatic heterocycles. The summed E-state index contributed by atoms with van der Waals surface area (Å²) in [6.45, 7) is 11.0. The van der Waals surface area contributed by atoms with Crippen molar-refractivity contribution in [3.05, 3.63) is 30.1 Å². The quantitative estimate of drug-likeness (QED) is 0.335. The van der Waals surface area contributed by atoms with Gasteiger partial charge in [0, 0.05) is 52.6 Å². The van der Waals surface area contributed by atoms with Crippen LogP contribution in [-0.2, 0) is 16.0 Å². The van der Waals surface area contributed by atoms with Crippen molar-refractivity contribution >= 4 is 17.0 Å². The third-order valence-electron chi connectivity index (χ3n) is 5.45. The van der Waals surface area contributed by atoms with Crippen molar-refractivity contribution in [1.82, 2.24) is 20.2 Å². The van der Waals surface area contributed by atoms with Gasteiger partial charge in [-0.05, 0) is 57.6 Å². The Morgan fingerprint density at radius 2 is 2.07 bits per heavy atom. The zero-order chi connectivity index (χ0) is 21.0. The number of aliphatic imine (C=N–C) groups is 1. The standard InChI is InChI=1S/C23H37N5O2/c1-3-24-23(26-13-7-15-30-18-20-10-16-29-17-11-20)25-12-6-14-28-19(2)27-21-8-4-5-9-22(21)28/h4-5,8-9,20H,3,6-7,10-18H2,1-2H3,(H2,24,25,26). The van der Waals surface area contributed by atoms with E-state index in [4.69, 9.17) is 14.5 Å². The largest absolute Gasteiger partial charge is 0.381 e. The fraction of sp³-hybridized carbons (Fsp3) is 0.652. The van der Waals surface area contributed by atoms with Gasteiger partial charge in [0.15, 0.2) is 5.96 Å². The maximum absolute atomic E-state index is 5.84. The van der Waals surface area contributed by atoms with Crippen LogP contribution in [0.15, 0.2) is 29.3 Å². The molecule has 7 heteroatoms. The molecule has 2 N–H and O–H groups in total. The van der Waals surface area contributed by atoms with Crippen LogP contribution in [0.1, 0.15) is 38.4 Å². The zero-order valence-electron chi connectivity index (χ0n) is 18.5. The van der Waals surface area contributed by atoms with Crippen molar-refractivity contribution in [2.24, 2.45) is 10.9 Å². The van der Waals surface area contributed by atoms with Crippen molar-refractivity contribution in [2.45, 2.75) is 46.1 Å². The normalized spacial score (nSPS) is 15.6. The molecule has 0 aliphatic carbocycles. The highest BCUT2D eigenvalue weighted by molar-refractivity contribution is 5.79. The third-order valence-corrected chi connectivity index (χ3v) is 5.45. The Labute approximate surface area is 180 Å². The SMILES string of the molecule is CCNC(=NCCCn1c(C)nc2ccccc21)NCCCOCC1CCOCC1. The first-order chi connectivity index (χ1) is 14.8. The predicted octanol–water partition coefficient (Wildman–Crippen LogP) is 3.12. The van der Waals surface area contributed by atoms with E-state index in [1.165, 1.54) is 5.52 Å².